The summed E-state index contributed by atoms with van der Waals surface area (Å²) in [6.45, 7) is 9.90. The third-order valence-corrected chi connectivity index (χ3v) is 6.41. The number of piperidine rings is 1. The lowest BCUT2D eigenvalue weighted by atomic mass is 9.98. The van der Waals surface area contributed by atoms with Gasteiger partial charge in [-0.1, -0.05) is 0 Å². The number of aryl methyl sites for hydroxylation is 2. The quantitative estimate of drug-likeness (QED) is 0.862. The Morgan fingerprint density at radius 2 is 1.90 bits per heavy atom. The van der Waals surface area contributed by atoms with Crippen LogP contribution in [-0.4, -0.2) is 48.6 Å². The molecule has 7 heteroatoms. The molecule has 0 bridgehead atoms. The second-order valence-corrected chi connectivity index (χ2v) is 7.95. The maximum Gasteiger partial charge on any atom is 0.246 e. The van der Waals surface area contributed by atoms with E-state index in [9.17, 15) is 8.42 Å². The molecule has 0 saturated carbocycles. The number of H-pyrrole nitrogens is 1. The Morgan fingerprint density at radius 1 is 1.29 bits per heavy atom. The first kappa shape index (κ1) is 16.5. The van der Waals surface area contributed by atoms with Crippen molar-refractivity contribution in [3.8, 4) is 0 Å². The van der Waals surface area contributed by atoms with E-state index < -0.39 is 10.0 Å². The molecule has 0 aliphatic carbocycles. The predicted molar refractivity (Wildman–Crippen MR) is 82.7 cm³/mol. The van der Waals surface area contributed by atoms with Gasteiger partial charge in [-0.3, -0.25) is 5.10 Å². The van der Waals surface area contributed by atoms with Gasteiger partial charge in [0.1, 0.15) is 4.90 Å². The van der Waals surface area contributed by atoms with Crippen molar-refractivity contribution in [3.05, 3.63) is 11.4 Å². The highest BCUT2D eigenvalue weighted by molar-refractivity contribution is 7.89. The lowest BCUT2D eigenvalue weighted by Crippen LogP contribution is -2.43. The van der Waals surface area contributed by atoms with Crippen molar-refractivity contribution in [1.82, 2.24) is 19.8 Å². The minimum atomic E-state index is -3.50. The number of rotatable bonds is 5. The normalized spacial score (nSPS) is 17.8. The minimum Gasteiger partial charge on any atom is -0.317 e. The van der Waals surface area contributed by atoms with Crippen molar-refractivity contribution in [2.45, 2.75) is 51.5 Å². The summed E-state index contributed by atoms with van der Waals surface area (Å²) >= 11 is 0. The van der Waals surface area contributed by atoms with Gasteiger partial charge in [0.15, 0.2) is 0 Å². The molecule has 6 nitrogen and oxygen atoms in total. The molecule has 0 atom stereocenters. The van der Waals surface area contributed by atoms with Crippen molar-refractivity contribution in [1.29, 1.82) is 0 Å². The fourth-order valence-corrected chi connectivity index (χ4v) is 4.99. The van der Waals surface area contributed by atoms with E-state index in [-0.39, 0.29) is 6.04 Å². The van der Waals surface area contributed by atoms with E-state index in [1.807, 2.05) is 13.8 Å². The van der Waals surface area contributed by atoms with Crippen LogP contribution in [0.2, 0.25) is 0 Å². The summed E-state index contributed by atoms with van der Waals surface area (Å²) in [5.41, 5.74) is 1.16. The molecule has 2 heterocycles. The highest BCUT2D eigenvalue weighted by atomic mass is 32.2. The van der Waals surface area contributed by atoms with Crippen LogP contribution < -0.4 is 5.32 Å². The molecule has 0 amide bonds. The van der Waals surface area contributed by atoms with E-state index in [4.69, 9.17) is 0 Å². The van der Waals surface area contributed by atoms with Crippen molar-refractivity contribution in [2.75, 3.05) is 19.6 Å². The second-order valence-electron chi connectivity index (χ2n) is 6.12. The van der Waals surface area contributed by atoms with E-state index in [1.54, 1.807) is 18.2 Å². The topological polar surface area (TPSA) is 78.1 Å². The lowest BCUT2D eigenvalue weighted by molar-refractivity contribution is 0.260. The largest absolute Gasteiger partial charge is 0.317 e. The highest BCUT2D eigenvalue weighted by Crippen LogP contribution is 2.26. The Kier molecular flexibility index (Phi) is 5.06. The monoisotopic (exact) mass is 314 g/mol. The van der Waals surface area contributed by atoms with Crippen molar-refractivity contribution < 1.29 is 8.42 Å². The van der Waals surface area contributed by atoms with Crippen LogP contribution in [-0.2, 0) is 10.0 Å². The number of nitrogens with zero attached hydrogens (tertiary/aromatic N) is 2. The van der Waals surface area contributed by atoms with E-state index >= 15 is 0 Å². The van der Waals surface area contributed by atoms with E-state index in [2.05, 4.69) is 15.5 Å². The molecule has 0 unspecified atom stereocenters. The van der Waals surface area contributed by atoms with Crippen molar-refractivity contribution in [3.63, 3.8) is 0 Å². The average molecular weight is 314 g/mol. The average Bonchev–Trinajstić information content (AvgIpc) is 2.76. The molecule has 2 rings (SSSR count). The number of aromatic nitrogens is 2. The maximum atomic E-state index is 13.0. The van der Waals surface area contributed by atoms with Crippen LogP contribution >= 0.6 is 0 Å². The SMILES string of the molecule is Cc1n[nH]c(C)c1S(=O)(=O)N(CC1CCNCC1)C(C)C. The molecule has 21 heavy (non-hydrogen) atoms. The first-order chi connectivity index (χ1) is 9.84. The molecular formula is C14H26N4O2S. The molecule has 0 spiro atoms. The number of nitrogens with one attached hydrogen (secondary N) is 2. The van der Waals surface area contributed by atoms with E-state index in [1.165, 1.54) is 0 Å². The zero-order valence-corrected chi connectivity index (χ0v) is 14.1. The highest BCUT2D eigenvalue weighted by Gasteiger charge is 2.33. The summed E-state index contributed by atoms with van der Waals surface area (Å²) in [5.74, 6) is 0.427. The van der Waals surface area contributed by atoms with E-state index in [0.717, 1.165) is 25.9 Å². The molecular weight excluding hydrogens is 288 g/mol. The molecule has 1 saturated heterocycles. The first-order valence-electron chi connectivity index (χ1n) is 7.58. The maximum absolute atomic E-state index is 13.0. The van der Waals surface area contributed by atoms with Gasteiger partial charge in [0.25, 0.3) is 0 Å². The van der Waals surface area contributed by atoms with Gasteiger partial charge < -0.3 is 5.32 Å². The Balaban J connectivity index is 2.28. The van der Waals surface area contributed by atoms with Crippen molar-refractivity contribution >= 4 is 10.0 Å². The Labute approximate surface area is 127 Å². The van der Waals surface area contributed by atoms with Gasteiger partial charge in [-0.15, -0.1) is 0 Å². The van der Waals surface area contributed by atoms with Crippen LogP contribution in [0.25, 0.3) is 0 Å². The van der Waals surface area contributed by atoms with Crippen LogP contribution in [0.4, 0.5) is 0 Å². The first-order valence-corrected chi connectivity index (χ1v) is 9.02. The smallest absolute Gasteiger partial charge is 0.246 e. The zero-order chi connectivity index (χ0) is 15.6. The molecule has 2 N–H and O–H groups in total. The summed E-state index contributed by atoms with van der Waals surface area (Å²) in [5, 5.41) is 10.1. The number of sulfonamides is 1. The summed E-state index contributed by atoms with van der Waals surface area (Å²) < 4.78 is 27.6. The minimum absolute atomic E-state index is 0.0569. The Bertz CT molecular complexity index is 554. The standard InChI is InChI=1S/C14H26N4O2S/c1-10(2)18(9-13-5-7-15-8-6-13)21(19,20)14-11(3)16-17-12(14)4/h10,13,15H,5-9H2,1-4H3,(H,16,17). The molecule has 1 aliphatic heterocycles. The van der Waals surface area contributed by atoms with E-state index in [0.29, 0.717) is 28.7 Å². The number of hydrogen-bond donors (Lipinski definition) is 2. The van der Waals surface area contributed by atoms with Gasteiger partial charge in [-0.05, 0) is 59.5 Å². The number of hydrogen-bond acceptors (Lipinski definition) is 4. The van der Waals surface area contributed by atoms with Crippen LogP contribution in [0.15, 0.2) is 4.90 Å². The molecule has 1 aliphatic rings. The van der Waals surface area contributed by atoms with Crippen LogP contribution in [0.1, 0.15) is 38.1 Å². The predicted octanol–water partition coefficient (Wildman–Crippen LogP) is 1.43. The van der Waals surface area contributed by atoms with Gasteiger partial charge in [-0.2, -0.15) is 9.40 Å². The summed E-state index contributed by atoms with van der Waals surface area (Å²) in [4.78, 5) is 0.338. The fourth-order valence-electron chi connectivity index (χ4n) is 2.94. The van der Waals surface area contributed by atoms with Crippen molar-refractivity contribution in [2.24, 2.45) is 5.92 Å². The lowest BCUT2D eigenvalue weighted by Gasteiger charge is -2.32. The summed E-state index contributed by atoms with van der Waals surface area (Å²) in [6.07, 6.45) is 2.06. The van der Waals surface area contributed by atoms with Crippen LogP contribution in [0.3, 0.4) is 0 Å². The molecule has 0 aromatic carbocycles. The summed E-state index contributed by atoms with van der Waals surface area (Å²) in [6, 6.07) is -0.0569. The summed E-state index contributed by atoms with van der Waals surface area (Å²) in [7, 11) is -3.50. The third kappa shape index (κ3) is 3.46. The molecule has 1 aromatic rings. The zero-order valence-electron chi connectivity index (χ0n) is 13.3. The van der Waals surface area contributed by atoms with Gasteiger partial charge in [0.05, 0.1) is 11.4 Å². The second kappa shape index (κ2) is 6.46. The molecule has 1 fully saturated rings. The Morgan fingerprint density at radius 3 is 2.38 bits per heavy atom. The molecule has 1 aromatic heterocycles. The van der Waals surface area contributed by atoms with Gasteiger partial charge >= 0.3 is 0 Å². The molecule has 120 valence electrons. The van der Waals surface area contributed by atoms with Gasteiger partial charge in [0, 0.05) is 12.6 Å². The van der Waals surface area contributed by atoms with Gasteiger partial charge in [0.2, 0.25) is 10.0 Å². The molecule has 0 radical (unpaired) electrons. The fraction of sp³-hybridized carbons (Fsp3) is 0.786. The van der Waals surface area contributed by atoms with Crippen LogP contribution in [0.5, 0.6) is 0 Å². The third-order valence-electron chi connectivity index (χ3n) is 4.10. The number of aromatic amines is 1. The van der Waals surface area contributed by atoms with Gasteiger partial charge in [-0.25, -0.2) is 8.42 Å². The van der Waals surface area contributed by atoms with Crippen LogP contribution in [0, 0.1) is 19.8 Å². The Hall–Kier alpha value is -0.920.